The molecule has 18 heavy (non-hydrogen) atoms. The molecule has 0 fully saturated rings. The van der Waals surface area contributed by atoms with E-state index in [9.17, 15) is 14.9 Å². The molecule has 0 N–H and O–H groups in total. The van der Waals surface area contributed by atoms with Gasteiger partial charge in [-0.05, 0) is 39.9 Å². The molecule has 2 heterocycles. The van der Waals surface area contributed by atoms with Crippen molar-refractivity contribution in [2.75, 3.05) is 6.61 Å². The molecular weight excluding hydrogens is 306 g/mol. The topological polar surface area (TPSA) is 86.7 Å². The predicted octanol–water partition coefficient (Wildman–Crippen LogP) is 2.18. The second-order valence-electron chi connectivity index (χ2n) is 3.31. The summed E-state index contributed by atoms with van der Waals surface area (Å²) in [6, 6.07) is 3.29. The van der Waals surface area contributed by atoms with E-state index in [-0.39, 0.29) is 12.3 Å². The number of nitro groups is 1. The Morgan fingerprint density at radius 3 is 3.00 bits per heavy atom. The Balaban J connectivity index is 2.73. The van der Waals surface area contributed by atoms with E-state index in [0.29, 0.717) is 10.1 Å². The third-order valence-electron chi connectivity index (χ3n) is 2.22. The molecule has 0 aromatic carbocycles. The van der Waals surface area contributed by atoms with Crippen LogP contribution in [0.2, 0.25) is 0 Å². The average Bonchev–Trinajstić information content (AvgIpc) is 2.70. The molecule has 0 bridgehead atoms. The maximum absolute atomic E-state index is 11.6. The summed E-state index contributed by atoms with van der Waals surface area (Å²) in [5.74, 6) is -1.20. The van der Waals surface area contributed by atoms with Gasteiger partial charge in [0, 0.05) is 0 Å². The van der Waals surface area contributed by atoms with Crippen molar-refractivity contribution in [3.8, 4) is 0 Å². The van der Waals surface area contributed by atoms with Crippen LogP contribution in [0.15, 0.2) is 22.8 Å². The predicted molar refractivity (Wildman–Crippen MR) is 65.5 cm³/mol. The Labute approximate surface area is 110 Å². The Morgan fingerprint density at radius 1 is 1.67 bits per heavy atom. The highest BCUT2D eigenvalue weighted by Gasteiger charge is 2.29. The lowest BCUT2D eigenvalue weighted by atomic mass is 10.4. The molecule has 0 amide bonds. The van der Waals surface area contributed by atoms with Gasteiger partial charge in [-0.25, -0.2) is 4.79 Å². The third-order valence-corrected chi connectivity index (χ3v) is 2.84. The van der Waals surface area contributed by atoms with E-state index in [1.54, 1.807) is 19.1 Å². The molecule has 0 saturated heterocycles. The van der Waals surface area contributed by atoms with Gasteiger partial charge in [-0.2, -0.15) is 9.38 Å². The first-order valence-corrected chi connectivity index (χ1v) is 5.83. The molecule has 0 aliphatic heterocycles. The Bertz CT molecular complexity index is 637. The van der Waals surface area contributed by atoms with E-state index >= 15 is 0 Å². The van der Waals surface area contributed by atoms with Gasteiger partial charge in [0.2, 0.25) is 11.3 Å². The highest BCUT2D eigenvalue weighted by Crippen LogP contribution is 2.26. The highest BCUT2D eigenvalue weighted by atomic mass is 79.9. The molecule has 2 aromatic rings. The quantitative estimate of drug-likeness (QED) is 0.492. The van der Waals surface area contributed by atoms with Gasteiger partial charge in [-0.1, -0.05) is 0 Å². The van der Waals surface area contributed by atoms with E-state index in [1.165, 1.54) is 10.6 Å². The number of hydrogen-bond donors (Lipinski definition) is 0. The largest absolute Gasteiger partial charge is 0.461 e. The monoisotopic (exact) mass is 313 g/mol. The van der Waals surface area contributed by atoms with E-state index < -0.39 is 16.7 Å². The van der Waals surface area contributed by atoms with Crippen LogP contribution in [-0.4, -0.2) is 26.9 Å². The number of nitrogens with zero attached hydrogens (tertiary/aromatic N) is 3. The lowest BCUT2D eigenvalue weighted by Gasteiger charge is -1.98. The zero-order chi connectivity index (χ0) is 13.3. The minimum Gasteiger partial charge on any atom is -0.461 e. The third kappa shape index (κ3) is 1.94. The molecule has 0 unspecified atom stereocenters. The number of halogens is 1. The van der Waals surface area contributed by atoms with Crippen molar-refractivity contribution in [1.82, 2.24) is 9.38 Å². The van der Waals surface area contributed by atoms with Crippen LogP contribution in [-0.2, 0) is 4.74 Å². The molecule has 0 aliphatic carbocycles. The van der Waals surface area contributed by atoms with Gasteiger partial charge in [0.05, 0.1) is 17.3 Å². The van der Waals surface area contributed by atoms with Gasteiger partial charge in [-0.3, -0.25) is 0 Å². The first-order chi connectivity index (χ1) is 8.56. The van der Waals surface area contributed by atoms with Crippen LogP contribution >= 0.6 is 15.9 Å². The minimum absolute atomic E-state index is 0.130. The first-order valence-electron chi connectivity index (χ1n) is 5.04. The summed E-state index contributed by atoms with van der Waals surface area (Å²) in [4.78, 5) is 26.0. The molecule has 7 nitrogen and oxygen atoms in total. The van der Waals surface area contributed by atoms with Gasteiger partial charge in [0.25, 0.3) is 0 Å². The Hall–Kier alpha value is -1.96. The maximum atomic E-state index is 11.6. The second-order valence-corrected chi connectivity index (χ2v) is 4.17. The molecule has 94 valence electrons. The molecule has 0 aliphatic rings. The molecule has 2 aromatic heterocycles. The van der Waals surface area contributed by atoms with Crippen molar-refractivity contribution in [2.24, 2.45) is 0 Å². The standard InChI is InChI=1S/C10H8BrN3O4/c1-2-18-10(15)7-9(14(16)17)13-5-3-4-6(11)8(13)12-7/h3-5H,2H2,1H3. The summed E-state index contributed by atoms with van der Waals surface area (Å²) in [5.41, 5.74) is 0.000929. The normalized spacial score (nSPS) is 10.6. The number of hydrogen-bond acceptors (Lipinski definition) is 5. The number of aromatic nitrogens is 2. The van der Waals surface area contributed by atoms with E-state index in [2.05, 4.69) is 20.9 Å². The SMILES string of the molecule is CCOC(=O)c1nc2c(Br)cccn2c1[N+](=O)[O-]. The number of esters is 1. The average molecular weight is 314 g/mol. The number of ether oxygens (including phenoxy) is 1. The maximum Gasteiger partial charge on any atom is 0.365 e. The summed E-state index contributed by atoms with van der Waals surface area (Å²) in [7, 11) is 0. The van der Waals surface area contributed by atoms with Gasteiger partial charge in [0.1, 0.15) is 0 Å². The summed E-state index contributed by atoms with van der Waals surface area (Å²) in [6.45, 7) is 1.75. The molecule has 0 atom stereocenters. The summed E-state index contributed by atoms with van der Waals surface area (Å²) >= 11 is 3.22. The first kappa shape index (κ1) is 12.5. The van der Waals surface area contributed by atoms with Crippen LogP contribution in [0.4, 0.5) is 5.82 Å². The molecule has 0 saturated carbocycles. The van der Waals surface area contributed by atoms with Crippen LogP contribution in [0.5, 0.6) is 0 Å². The van der Waals surface area contributed by atoms with Crippen LogP contribution in [0.3, 0.4) is 0 Å². The lowest BCUT2D eigenvalue weighted by molar-refractivity contribution is -0.390. The Morgan fingerprint density at radius 2 is 2.39 bits per heavy atom. The van der Waals surface area contributed by atoms with Crippen molar-refractivity contribution in [3.63, 3.8) is 0 Å². The molecular formula is C10H8BrN3O4. The zero-order valence-corrected chi connectivity index (χ0v) is 10.9. The van der Waals surface area contributed by atoms with E-state index in [4.69, 9.17) is 4.74 Å². The molecule has 2 rings (SSSR count). The fourth-order valence-corrected chi connectivity index (χ4v) is 1.97. The molecule has 8 heteroatoms. The highest BCUT2D eigenvalue weighted by molar-refractivity contribution is 9.10. The van der Waals surface area contributed by atoms with E-state index in [0.717, 1.165) is 0 Å². The molecule has 0 spiro atoms. The van der Waals surface area contributed by atoms with Crippen LogP contribution in [0, 0.1) is 10.1 Å². The smallest absolute Gasteiger partial charge is 0.365 e. The van der Waals surface area contributed by atoms with Crippen LogP contribution < -0.4 is 0 Å². The number of carbonyl (C=O) groups is 1. The van der Waals surface area contributed by atoms with Crippen molar-refractivity contribution in [1.29, 1.82) is 0 Å². The second kappa shape index (κ2) is 4.73. The summed E-state index contributed by atoms with van der Waals surface area (Å²) in [6.07, 6.45) is 1.47. The van der Waals surface area contributed by atoms with Gasteiger partial charge >= 0.3 is 11.8 Å². The van der Waals surface area contributed by atoms with Crippen molar-refractivity contribution < 1.29 is 14.5 Å². The number of imidazole rings is 1. The lowest BCUT2D eigenvalue weighted by Crippen LogP contribution is -2.08. The fraction of sp³-hybridized carbons (Fsp3) is 0.200. The number of carbonyl (C=O) groups excluding carboxylic acids is 1. The van der Waals surface area contributed by atoms with Crippen LogP contribution in [0.1, 0.15) is 17.4 Å². The van der Waals surface area contributed by atoms with E-state index in [1.807, 2.05) is 0 Å². The number of fused-ring (bicyclic) bond motifs is 1. The molecule has 0 radical (unpaired) electrons. The minimum atomic E-state index is -0.806. The van der Waals surface area contributed by atoms with Gasteiger partial charge < -0.3 is 14.9 Å². The van der Waals surface area contributed by atoms with Crippen molar-refractivity contribution >= 4 is 33.4 Å². The van der Waals surface area contributed by atoms with Gasteiger partial charge in [0.15, 0.2) is 0 Å². The summed E-state index contributed by atoms with van der Waals surface area (Å²) < 4.78 is 6.55. The van der Waals surface area contributed by atoms with Crippen molar-refractivity contribution in [3.05, 3.63) is 38.6 Å². The zero-order valence-electron chi connectivity index (χ0n) is 9.29. The number of rotatable bonds is 3. The Kier molecular flexibility index (Phi) is 3.28. The van der Waals surface area contributed by atoms with Crippen molar-refractivity contribution in [2.45, 2.75) is 6.92 Å². The fourth-order valence-electron chi connectivity index (χ4n) is 1.53. The van der Waals surface area contributed by atoms with Crippen LogP contribution in [0.25, 0.3) is 5.65 Å². The summed E-state index contributed by atoms with van der Waals surface area (Å²) in [5, 5.41) is 11.0. The van der Waals surface area contributed by atoms with Gasteiger partial charge in [-0.15, -0.1) is 0 Å². The number of pyridine rings is 1.